The van der Waals surface area contributed by atoms with E-state index in [9.17, 15) is 14.4 Å². The van der Waals surface area contributed by atoms with Gasteiger partial charge < -0.3 is 9.47 Å². The number of rotatable bonds is 5. The van der Waals surface area contributed by atoms with E-state index >= 15 is 0 Å². The van der Waals surface area contributed by atoms with Gasteiger partial charge in [0, 0.05) is 12.5 Å². The maximum Gasteiger partial charge on any atom is 0.410 e. The Hall–Kier alpha value is -2.37. The topological polar surface area (TPSA) is 81.7 Å². The molecule has 0 saturated heterocycles. The van der Waals surface area contributed by atoms with E-state index in [1.54, 1.807) is 24.3 Å². The zero-order valence-electron chi connectivity index (χ0n) is 13.2. The first kappa shape index (κ1) is 17.0. The van der Waals surface area contributed by atoms with Crippen LogP contribution < -0.4 is 5.32 Å². The summed E-state index contributed by atoms with van der Waals surface area (Å²) in [4.78, 5) is 35.5. The minimum atomic E-state index is -1.14. The van der Waals surface area contributed by atoms with E-state index in [4.69, 9.17) is 4.74 Å². The van der Waals surface area contributed by atoms with Crippen molar-refractivity contribution in [3.63, 3.8) is 0 Å². The van der Waals surface area contributed by atoms with Gasteiger partial charge in [-0.05, 0) is 25.7 Å². The van der Waals surface area contributed by atoms with Crippen molar-refractivity contribution in [3.05, 3.63) is 35.9 Å². The highest BCUT2D eigenvalue weighted by molar-refractivity contribution is 6.03. The first-order chi connectivity index (χ1) is 11.0. The average Bonchev–Trinajstić information content (AvgIpc) is 2.55. The third-order valence-corrected chi connectivity index (χ3v) is 3.89. The highest BCUT2D eigenvalue weighted by atomic mass is 16.6. The van der Waals surface area contributed by atoms with Crippen molar-refractivity contribution in [1.82, 2.24) is 5.32 Å². The second-order valence-corrected chi connectivity index (χ2v) is 5.60. The molecule has 1 aliphatic carbocycles. The summed E-state index contributed by atoms with van der Waals surface area (Å²) in [6, 6.07) is 8.84. The maximum absolute atomic E-state index is 12.8. The number of Topliss-reactive ketones (excluding diaryl/α,β-unsaturated/α-hetero) is 1. The van der Waals surface area contributed by atoms with Crippen molar-refractivity contribution >= 4 is 17.8 Å². The SMILES string of the molecule is CC(=O)OCNC(=O)OC1(C(=O)c2ccccc2)CCCCC1. The molecule has 1 saturated carbocycles. The number of carbonyl (C=O) groups is 3. The lowest BCUT2D eigenvalue weighted by Gasteiger charge is -2.35. The van der Waals surface area contributed by atoms with Crippen LogP contribution in [0, 0.1) is 0 Å². The molecular weight excluding hydrogens is 298 g/mol. The highest BCUT2D eigenvalue weighted by Crippen LogP contribution is 2.34. The van der Waals surface area contributed by atoms with Crippen molar-refractivity contribution < 1.29 is 23.9 Å². The first-order valence-electron chi connectivity index (χ1n) is 7.73. The molecule has 6 heteroatoms. The lowest BCUT2D eigenvalue weighted by molar-refractivity contribution is -0.141. The quantitative estimate of drug-likeness (QED) is 0.513. The number of ketones is 1. The smallest absolute Gasteiger partial charge is 0.410 e. The lowest BCUT2D eigenvalue weighted by atomic mass is 9.79. The van der Waals surface area contributed by atoms with E-state index in [1.165, 1.54) is 6.92 Å². The molecule has 23 heavy (non-hydrogen) atoms. The Kier molecular flexibility index (Phi) is 5.73. The fourth-order valence-electron chi connectivity index (χ4n) is 2.76. The summed E-state index contributed by atoms with van der Waals surface area (Å²) >= 11 is 0. The van der Waals surface area contributed by atoms with Gasteiger partial charge in [0.15, 0.2) is 12.3 Å². The Morgan fingerprint density at radius 3 is 2.35 bits per heavy atom. The predicted molar refractivity (Wildman–Crippen MR) is 82.8 cm³/mol. The summed E-state index contributed by atoms with van der Waals surface area (Å²) in [5.74, 6) is -0.682. The standard InChI is InChI=1S/C17H21NO5/c1-13(19)22-12-18-16(21)23-17(10-6-3-7-11-17)15(20)14-8-4-2-5-9-14/h2,4-5,8-9H,3,6-7,10-12H2,1H3,(H,18,21). The Morgan fingerprint density at radius 2 is 1.74 bits per heavy atom. The van der Waals surface area contributed by atoms with Crippen LogP contribution in [0.2, 0.25) is 0 Å². The van der Waals surface area contributed by atoms with E-state index in [2.05, 4.69) is 10.1 Å². The Balaban J connectivity index is 2.08. The number of carbonyl (C=O) groups excluding carboxylic acids is 3. The van der Waals surface area contributed by atoms with Crippen LogP contribution in [-0.4, -0.2) is 30.2 Å². The third kappa shape index (κ3) is 4.55. The van der Waals surface area contributed by atoms with Crippen LogP contribution in [-0.2, 0) is 14.3 Å². The van der Waals surface area contributed by atoms with E-state index in [-0.39, 0.29) is 12.5 Å². The monoisotopic (exact) mass is 319 g/mol. The van der Waals surface area contributed by atoms with Crippen molar-refractivity contribution in [2.75, 3.05) is 6.73 Å². The van der Waals surface area contributed by atoms with E-state index < -0.39 is 17.7 Å². The lowest BCUT2D eigenvalue weighted by Crippen LogP contribution is -2.47. The molecule has 0 atom stereocenters. The Morgan fingerprint density at radius 1 is 1.09 bits per heavy atom. The minimum absolute atomic E-state index is 0.180. The fraction of sp³-hybridized carbons (Fsp3) is 0.471. The van der Waals surface area contributed by atoms with Crippen molar-refractivity contribution in [3.8, 4) is 0 Å². The summed E-state index contributed by atoms with van der Waals surface area (Å²) < 4.78 is 10.1. The molecule has 1 aliphatic rings. The maximum atomic E-state index is 12.8. The summed E-state index contributed by atoms with van der Waals surface area (Å²) in [5, 5.41) is 2.34. The number of nitrogens with one attached hydrogen (secondary N) is 1. The van der Waals surface area contributed by atoms with Gasteiger partial charge in [-0.2, -0.15) is 0 Å². The summed E-state index contributed by atoms with van der Waals surface area (Å²) in [7, 11) is 0. The fourth-order valence-corrected chi connectivity index (χ4v) is 2.76. The van der Waals surface area contributed by atoms with Crippen LogP contribution in [0.15, 0.2) is 30.3 Å². The second-order valence-electron chi connectivity index (χ2n) is 5.60. The van der Waals surface area contributed by atoms with Gasteiger partial charge in [0.05, 0.1) is 0 Å². The van der Waals surface area contributed by atoms with Gasteiger partial charge in [0.25, 0.3) is 0 Å². The number of amides is 1. The van der Waals surface area contributed by atoms with Crippen molar-refractivity contribution in [1.29, 1.82) is 0 Å². The van der Waals surface area contributed by atoms with Gasteiger partial charge in [-0.1, -0.05) is 36.8 Å². The van der Waals surface area contributed by atoms with Gasteiger partial charge in [0.1, 0.15) is 0 Å². The first-order valence-corrected chi connectivity index (χ1v) is 7.73. The highest BCUT2D eigenvalue weighted by Gasteiger charge is 2.43. The third-order valence-electron chi connectivity index (χ3n) is 3.89. The number of esters is 1. The molecule has 6 nitrogen and oxygen atoms in total. The molecule has 0 heterocycles. The van der Waals surface area contributed by atoms with E-state index in [1.807, 2.05) is 6.07 Å². The van der Waals surface area contributed by atoms with Crippen LogP contribution in [0.1, 0.15) is 49.4 Å². The molecule has 1 fully saturated rings. The van der Waals surface area contributed by atoms with E-state index in [0.717, 1.165) is 19.3 Å². The number of ether oxygens (including phenoxy) is 2. The van der Waals surface area contributed by atoms with Crippen LogP contribution >= 0.6 is 0 Å². The van der Waals surface area contributed by atoms with Crippen LogP contribution in [0.5, 0.6) is 0 Å². The summed E-state index contributed by atoms with van der Waals surface area (Å²) in [6.07, 6.45) is 2.93. The van der Waals surface area contributed by atoms with Crippen molar-refractivity contribution in [2.24, 2.45) is 0 Å². The van der Waals surface area contributed by atoms with E-state index in [0.29, 0.717) is 18.4 Å². The molecule has 0 bridgehead atoms. The summed E-state index contributed by atoms with van der Waals surface area (Å²) in [6.45, 7) is 0.971. The number of hydrogen-bond donors (Lipinski definition) is 1. The molecule has 0 spiro atoms. The zero-order valence-corrected chi connectivity index (χ0v) is 13.2. The van der Waals surface area contributed by atoms with Gasteiger partial charge >= 0.3 is 12.1 Å². The van der Waals surface area contributed by atoms with Gasteiger partial charge in [-0.25, -0.2) is 4.79 Å². The predicted octanol–water partition coefficient (Wildman–Crippen LogP) is 2.82. The minimum Gasteiger partial charge on any atom is -0.444 e. The normalized spacial score (nSPS) is 16.2. The van der Waals surface area contributed by atoms with Gasteiger partial charge in [-0.15, -0.1) is 0 Å². The largest absolute Gasteiger partial charge is 0.444 e. The van der Waals surface area contributed by atoms with Crippen LogP contribution in [0.4, 0.5) is 4.79 Å². The molecule has 1 aromatic rings. The van der Waals surface area contributed by atoms with Crippen LogP contribution in [0.3, 0.4) is 0 Å². The van der Waals surface area contributed by atoms with Crippen LogP contribution in [0.25, 0.3) is 0 Å². The van der Waals surface area contributed by atoms with Gasteiger partial charge in [0.2, 0.25) is 5.78 Å². The molecular formula is C17H21NO5. The molecule has 0 radical (unpaired) electrons. The molecule has 0 aliphatic heterocycles. The molecule has 2 rings (SSSR count). The average molecular weight is 319 g/mol. The molecule has 1 aromatic carbocycles. The molecule has 1 N–H and O–H groups in total. The zero-order chi connectivity index (χ0) is 16.7. The Bertz CT molecular complexity index is 564. The van der Waals surface area contributed by atoms with Gasteiger partial charge in [-0.3, -0.25) is 14.9 Å². The second kappa shape index (κ2) is 7.76. The summed E-state index contributed by atoms with van der Waals surface area (Å²) in [5.41, 5.74) is -0.609. The molecule has 124 valence electrons. The number of alkyl carbamates (subject to hydrolysis) is 1. The molecule has 1 amide bonds. The van der Waals surface area contributed by atoms with Crippen molar-refractivity contribution in [2.45, 2.75) is 44.6 Å². The molecule has 0 unspecified atom stereocenters. The number of benzene rings is 1. The Labute approximate surface area is 135 Å². The number of hydrogen-bond acceptors (Lipinski definition) is 5. The molecule has 0 aromatic heterocycles.